The Labute approximate surface area is 113 Å². The van der Waals surface area contributed by atoms with Gasteiger partial charge in [-0.15, -0.1) is 0 Å². The average Bonchev–Trinajstić information content (AvgIpc) is 2.45. The number of nitrogens with two attached hydrogens (primary N) is 1. The van der Waals surface area contributed by atoms with E-state index in [0.29, 0.717) is 6.54 Å². The second kappa shape index (κ2) is 6.68. The lowest BCUT2D eigenvalue weighted by Gasteiger charge is -2.26. The van der Waals surface area contributed by atoms with Crippen molar-refractivity contribution in [3.63, 3.8) is 0 Å². The van der Waals surface area contributed by atoms with Gasteiger partial charge < -0.3 is 15.2 Å². The maximum atomic E-state index is 11.9. The molecule has 0 aliphatic heterocycles. The summed E-state index contributed by atoms with van der Waals surface area (Å²) in [5, 5.41) is 0. The summed E-state index contributed by atoms with van der Waals surface area (Å²) < 4.78 is 10.7. The topological polar surface area (TPSA) is 61.5 Å². The van der Waals surface area contributed by atoms with Crippen molar-refractivity contribution in [1.82, 2.24) is 0 Å². The summed E-state index contributed by atoms with van der Waals surface area (Å²) in [5.41, 5.74) is 7.94. The van der Waals surface area contributed by atoms with E-state index in [1.54, 1.807) is 7.11 Å². The first-order valence-electron chi connectivity index (χ1n) is 6.74. The van der Waals surface area contributed by atoms with Crippen molar-refractivity contribution >= 4 is 5.97 Å². The number of benzene rings is 1. The first-order chi connectivity index (χ1) is 9.24. The molecule has 0 bridgehead atoms. The Kier molecular flexibility index (Phi) is 4.93. The maximum Gasteiger partial charge on any atom is 0.309 e. The lowest BCUT2D eigenvalue weighted by Crippen LogP contribution is -2.27. The van der Waals surface area contributed by atoms with E-state index in [-0.39, 0.29) is 24.6 Å². The summed E-state index contributed by atoms with van der Waals surface area (Å²) in [6.07, 6.45) is 2.85. The van der Waals surface area contributed by atoms with Crippen molar-refractivity contribution < 1.29 is 14.3 Å². The van der Waals surface area contributed by atoms with Crippen molar-refractivity contribution in [2.24, 2.45) is 5.73 Å². The van der Waals surface area contributed by atoms with Gasteiger partial charge in [-0.25, -0.2) is 0 Å². The van der Waals surface area contributed by atoms with Gasteiger partial charge in [0.2, 0.25) is 0 Å². The van der Waals surface area contributed by atoms with E-state index in [1.165, 1.54) is 5.56 Å². The quantitative estimate of drug-likeness (QED) is 0.825. The van der Waals surface area contributed by atoms with Crippen molar-refractivity contribution in [1.29, 1.82) is 0 Å². The molecule has 1 aromatic rings. The Bertz CT molecular complexity index is 429. The van der Waals surface area contributed by atoms with Crippen LogP contribution < -0.4 is 5.73 Å². The summed E-state index contributed by atoms with van der Waals surface area (Å²) in [6.45, 7) is 0.326. The van der Waals surface area contributed by atoms with Gasteiger partial charge in [-0.05, 0) is 30.4 Å². The fourth-order valence-corrected chi connectivity index (χ4v) is 2.49. The van der Waals surface area contributed by atoms with Crippen LogP contribution in [-0.4, -0.2) is 25.7 Å². The number of hydrogen-bond acceptors (Lipinski definition) is 4. The van der Waals surface area contributed by atoms with E-state index in [2.05, 4.69) is 6.07 Å². The molecule has 4 nitrogen and oxygen atoms in total. The van der Waals surface area contributed by atoms with E-state index < -0.39 is 0 Å². The highest BCUT2D eigenvalue weighted by Crippen LogP contribution is 2.32. The minimum atomic E-state index is -0.258. The van der Waals surface area contributed by atoms with Crippen molar-refractivity contribution in [3.05, 3.63) is 35.4 Å². The molecule has 2 atom stereocenters. The lowest BCUT2D eigenvalue weighted by molar-refractivity contribution is -0.152. The monoisotopic (exact) mass is 263 g/mol. The summed E-state index contributed by atoms with van der Waals surface area (Å²) in [6, 6.07) is 8.16. The number of rotatable bonds is 5. The predicted molar refractivity (Wildman–Crippen MR) is 72.7 cm³/mol. The Morgan fingerprint density at radius 1 is 1.47 bits per heavy atom. The number of ether oxygens (including phenoxy) is 2. The third-order valence-electron chi connectivity index (χ3n) is 3.58. The van der Waals surface area contributed by atoms with Crippen molar-refractivity contribution in [2.45, 2.75) is 37.9 Å². The Morgan fingerprint density at radius 3 is 3.00 bits per heavy atom. The molecule has 0 heterocycles. The van der Waals surface area contributed by atoms with E-state index in [1.807, 2.05) is 18.2 Å². The Balaban J connectivity index is 1.99. The summed E-state index contributed by atoms with van der Waals surface area (Å²) in [4.78, 5) is 11.9. The van der Waals surface area contributed by atoms with Crippen LogP contribution >= 0.6 is 0 Å². The third kappa shape index (κ3) is 3.55. The van der Waals surface area contributed by atoms with Gasteiger partial charge in [0.25, 0.3) is 0 Å². The standard InChI is InChI=1S/C15H21NO3/c1-18-12(10-16)9-15(17)19-14-8-4-6-11-5-2-3-7-13(11)14/h2-3,5,7,12,14H,4,6,8-10,16H2,1H3. The molecular formula is C15H21NO3. The zero-order valence-corrected chi connectivity index (χ0v) is 11.3. The minimum absolute atomic E-state index is 0.118. The Morgan fingerprint density at radius 2 is 2.26 bits per heavy atom. The van der Waals surface area contributed by atoms with Crippen LogP contribution in [0.15, 0.2) is 24.3 Å². The van der Waals surface area contributed by atoms with Gasteiger partial charge in [0, 0.05) is 13.7 Å². The van der Waals surface area contributed by atoms with Crippen LogP contribution in [0.25, 0.3) is 0 Å². The number of esters is 1. The van der Waals surface area contributed by atoms with E-state index >= 15 is 0 Å². The molecule has 0 aromatic heterocycles. The van der Waals surface area contributed by atoms with Crippen molar-refractivity contribution in [3.8, 4) is 0 Å². The number of aryl methyl sites for hydroxylation is 1. The molecule has 2 rings (SSSR count). The average molecular weight is 263 g/mol. The maximum absolute atomic E-state index is 11.9. The summed E-state index contributed by atoms with van der Waals surface area (Å²) in [7, 11) is 1.56. The van der Waals surface area contributed by atoms with Crippen LogP contribution in [0.5, 0.6) is 0 Å². The molecule has 0 radical (unpaired) electrons. The first-order valence-corrected chi connectivity index (χ1v) is 6.74. The highest BCUT2D eigenvalue weighted by atomic mass is 16.5. The highest BCUT2D eigenvalue weighted by molar-refractivity contribution is 5.70. The third-order valence-corrected chi connectivity index (χ3v) is 3.58. The van der Waals surface area contributed by atoms with Crippen LogP contribution in [0, 0.1) is 0 Å². The largest absolute Gasteiger partial charge is 0.457 e. The van der Waals surface area contributed by atoms with Gasteiger partial charge in [-0.1, -0.05) is 24.3 Å². The number of hydrogen-bond donors (Lipinski definition) is 1. The van der Waals surface area contributed by atoms with Crippen LogP contribution in [0.3, 0.4) is 0 Å². The normalized spacial score (nSPS) is 19.6. The van der Waals surface area contributed by atoms with Crippen molar-refractivity contribution in [2.75, 3.05) is 13.7 Å². The SMILES string of the molecule is COC(CN)CC(=O)OC1CCCc2ccccc21. The van der Waals surface area contributed by atoms with Gasteiger partial charge >= 0.3 is 5.97 Å². The van der Waals surface area contributed by atoms with E-state index in [9.17, 15) is 4.79 Å². The smallest absolute Gasteiger partial charge is 0.309 e. The molecule has 2 N–H and O–H groups in total. The molecule has 1 aliphatic carbocycles. The van der Waals surface area contributed by atoms with E-state index in [4.69, 9.17) is 15.2 Å². The highest BCUT2D eigenvalue weighted by Gasteiger charge is 2.24. The molecule has 2 unspecified atom stereocenters. The number of carbonyl (C=O) groups is 1. The summed E-state index contributed by atoms with van der Waals surface area (Å²) in [5.74, 6) is -0.237. The molecule has 0 fully saturated rings. The van der Waals surface area contributed by atoms with Gasteiger partial charge in [-0.3, -0.25) is 4.79 Å². The van der Waals surface area contributed by atoms with Crippen LogP contribution in [0.1, 0.15) is 36.5 Å². The molecule has 19 heavy (non-hydrogen) atoms. The fourth-order valence-electron chi connectivity index (χ4n) is 2.49. The van der Waals surface area contributed by atoms with Gasteiger partial charge in [0.1, 0.15) is 6.10 Å². The number of methoxy groups -OCH3 is 1. The summed E-state index contributed by atoms with van der Waals surface area (Å²) >= 11 is 0. The number of fused-ring (bicyclic) bond motifs is 1. The Hall–Kier alpha value is -1.39. The number of carbonyl (C=O) groups excluding carboxylic acids is 1. The molecule has 4 heteroatoms. The molecule has 0 saturated carbocycles. The zero-order chi connectivity index (χ0) is 13.7. The van der Waals surface area contributed by atoms with Gasteiger partial charge in [-0.2, -0.15) is 0 Å². The second-order valence-electron chi connectivity index (χ2n) is 4.87. The first kappa shape index (κ1) is 14.0. The van der Waals surface area contributed by atoms with Gasteiger partial charge in [0.15, 0.2) is 0 Å². The second-order valence-corrected chi connectivity index (χ2v) is 4.87. The molecule has 1 aromatic carbocycles. The molecule has 1 aliphatic rings. The minimum Gasteiger partial charge on any atom is -0.457 e. The molecule has 0 saturated heterocycles. The molecular weight excluding hydrogens is 242 g/mol. The fraction of sp³-hybridized carbons (Fsp3) is 0.533. The molecule has 104 valence electrons. The van der Waals surface area contributed by atoms with Gasteiger partial charge in [0.05, 0.1) is 12.5 Å². The molecule has 0 amide bonds. The van der Waals surface area contributed by atoms with Crippen LogP contribution in [-0.2, 0) is 20.7 Å². The van der Waals surface area contributed by atoms with Crippen LogP contribution in [0.2, 0.25) is 0 Å². The zero-order valence-electron chi connectivity index (χ0n) is 11.3. The van der Waals surface area contributed by atoms with Crippen LogP contribution in [0.4, 0.5) is 0 Å². The molecule has 0 spiro atoms. The predicted octanol–water partition coefficient (Wildman–Crippen LogP) is 1.97. The van der Waals surface area contributed by atoms with E-state index in [0.717, 1.165) is 24.8 Å². The lowest BCUT2D eigenvalue weighted by atomic mass is 9.89.